The molecular formula is C21H26ClN3O2. The first kappa shape index (κ1) is 19.6. The molecule has 0 spiro atoms. The smallest absolute Gasteiger partial charge is 0.284 e. The minimum absolute atomic E-state index is 0.0132. The first-order valence-corrected chi connectivity index (χ1v) is 10.0. The summed E-state index contributed by atoms with van der Waals surface area (Å²) in [6.45, 7) is 5.95. The maximum Gasteiger partial charge on any atom is 0.284 e. The number of nitrogens with zero attached hydrogens (tertiary/aromatic N) is 1. The van der Waals surface area contributed by atoms with E-state index in [-0.39, 0.29) is 16.7 Å². The van der Waals surface area contributed by atoms with E-state index in [1.807, 2.05) is 26.0 Å². The molecule has 1 aromatic rings. The summed E-state index contributed by atoms with van der Waals surface area (Å²) in [4.78, 5) is 10.8. The molecule has 1 atom stereocenters. The quantitative estimate of drug-likeness (QED) is 0.551. The fraction of sp³-hybridized carbons (Fsp3) is 0.429. The molecule has 0 amide bonds. The monoisotopic (exact) mass is 387 g/mol. The highest BCUT2D eigenvalue weighted by Gasteiger charge is 2.31. The number of piperidine rings is 1. The Kier molecular flexibility index (Phi) is 6.34. The standard InChI is InChI=1S/C19H20ClN3O2.C2H6/c20-15-3-4-17-13(9-15)1-2-14-10-16(23(24)25)11-22-19(14)18(17)12-5-7-21-8-6-12;1-2/h3-4,9-11,19,21-22H,1-2,5-8H2;1-2H3. The molecule has 6 heteroatoms. The van der Waals surface area contributed by atoms with Crippen LogP contribution in [0, 0.1) is 10.1 Å². The molecule has 1 aromatic carbocycles. The molecule has 0 aromatic heterocycles. The summed E-state index contributed by atoms with van der Waals surface area (Å²) >= 11 is 6.23. The highest BCUT2D eigenvalue weighted by atomic mass is 35.5. The lowest BCUT2D eigenvalue weighted by molar-refractivity contribution is -0.419. The lowest BCUT2D eigenvalue weighted by atomic mass is 9.85. The normalized spacial score (nSPS) is 21.4. The Morgan fingerprint density at radius 3 is 2.59 bits per heavy atom. The van der Waals surface area contributed by atoms with E-state index < -0.39 is 0 Å². The van der Waals surface area contributed by atoms with Crippen molar-refractivity contribution in [3.63, 3.8) is 0 Å². The fourth-order valence-electron chi connectivity index (χ4n) is 4.04. The van der Waals surface area contributed by atoms with Crippen molar-refractivity contribution in [3.8, 4) is 0 Å². The summed E-state index contributed by atoms with van der Waals surface area (Å²) < 4.78 is 0. The SMILES string of the molecule is CC.O=[N+]([O-])C1=CNC2C(=C1)CCc1cc(Cl)ccc1C2=C1CCNCC1. The molecule has 0 saturated carbocycles. The van der Waals surface area contributed by atoms with Gasteiger partial charge in [-0.25, -0.2) is 0 Å². The van der Waals surface area contributed by atoms with Gasteiger partial charge in [0.05, 0.1) is 17.2 Å². The molecular weight excluding hydrogens is 362 g/mol. The van der Waals surface area contributed by atoms with Gasteiger partial charge in [-0.15, -0.1) is 0 Å². The number of fused-ring (bicyclic) bond motifs is 2. The number of allylic oxidation sites excluding steroid dienone is 1. The lowest BCUT2D eigenvalue weighted by Gasteiger charge is -2.29. The van der Waals surface area contributed by atoms with E-state index in [0.717, 1.165) is 49.4 Å². The average Bonchev–Trinajstić information content (AvgIpc) is 2.86. The number of hydrogen-bond acceptors (Lipinski definition) is 4. The van der Waals surface area contributed by atoms with Gasteiger partial charge in [0.1, 0.15) is 0 Å². The molecule has 1 unspecified atom stereocenters. The van der Waals surface area contributed by atoms with E-state index in [4.69, 9.17) is 11.6 Å². The van der Waals surface area contributed by atoms with Crippen LogP contribution in [-0.4, -0.2) is 24.1 Å². The van der Waals surface area contributed by atoms with Gasteiger partial charge in [-0.05, 0) is 73.2 Å². The Morgan fingerprint density at radius 1 is 1.15 bits per heavy atom. The van der Waals surface area contributed by atoms with Crippen molar-refractivity contribution in [2.45, 2.75) is 45.6 Å². The molecule has 1 aliphatic carbocycles. The third-order valence-electron chi connectivity index (χ3n) is 5.23. The molecule has 1 fully saturated rings. The Bertz CT molecular complexity index is 819. The maximum atomic E-state index is 11.2. The fourth-order valence-corrected chi connectivity index (χ4v) is 4.23. The van der Waals surface area contributed by atoms with Crippen LogP contribution in [-0.2, 0) is 6.42 Å². The number of halogens is 1. The minimum Gasteiger partial charge on any atom is -0.375 e. The largest absolute Gasteiger partial charge is 0.375 e. The minimum atomic E-state index is -0.331. The molecule has 1 saturated heterocycles. The summed E-state index contributed by atoms with van der Waals surface area (Å²) in [6.07, 6.45) is 6.95. The molecule has 27 heavy (non-hydrogen) atoms. The van der Waals surface area contributed by atoms with Crippen LogP contribution in [0.2, 0.25) is 5.02 Å². The summed E-state index contributed by atoms with van der Waals surface area (Å²) in [5, 5.41) is 18.6. The zero-order valence-corrected chi connectivity index (χ0v) is 16.6. The van der Waals surface area contributed by atoms with Gasteiger partial charge < -0.3 is 10.6 Å². The second-order valence-corrected chi connectivity index (χ2v) is 7.15. The van der Waals surface area contributed by atoms with Crippen molar-refractivity contribution in [2.24, 2.45) is 0 Å². The van der Waals surface area contributed by atoms with Gasteiger partial charge >= 0.3 is 0 Å². The maximum absolute atomic E-state index is 11.2. The molecule has 0 bridgehead atoms. The molecule has 2 N–H and O–H groups in total. The van der Waals surface area contributed by atoms with Gasteiger partial charge in [0.15, 0.2) is 0 Å². The highest BCUT2D eigenvalue weighted by molar-refractivity contribution is 6.30. The van der Waals surface area contributed by atoms with Crippen LogP contribution < -0.4 is 10.6 Å². The van der Waals surface area contributed by atoms with Crippen molar-refractivity contribution in [1.29, 1.82) is 0 Å². The second-order valence-electron chi connectivity index (χ2n) is 6.71. The van der Waals surface area contributed by atoms with E-state index in [9.17, 15) is 10.1 Å². The van der Waals surface area contributed by atoms with Crippen LogP contribution in [0.4, 0.5) is 0 Å². The number of rotatable bonds is 1. The molecule has 144 valence electrons. The molecule has 4 rings (SSSR count). The first-order chi connectivity index (χ1) is 13.1. The van der Waals surface area contributed by atoms with Crippen LogP contribution in [0.3, 0.4) is 0 Å². The number of benzene rings is 1. The van der Waals surface area contributed by atoms with E-state index in [1.165, 1.54) is 28.5 Å². The van der Waals surface area contributed by atoms with Crippen molar-refractivity contribution in [3.05, 3.63) is 73.6 Å². The van der Waals surface area contributed by atoms with E-state index in [1.54, 1.807) is 6.08 Å². The predicted molar refractivity (Wildman–Crippen MR) is 110 cm³/mol. The third kappa shape index (κ3) is 4.09. The number of dihydropyridines is 1. The van der Waals surface area contributed by atoms with Crippen LogP contribution in [0.5, 0.6) is 0 Å². The number of nitro groups is 1. The molecule has 5 nitrogen and oxygen atoms in total. The zero-order chi connectivity index (χ0) is 19.4. The van der Waals surface area contributed by atoms with Crippen molar-refractivity contribution < 1.29 is 4.92 Å². The number of nitrogens with one attached hydrogen (secondary N) is 2. The topological polar surface area (TPSA) is 67.2 Å². The zero-order valence-electron chi connectivity index (χ0n) is 15.8. The summed E-state index contributed by atoms with van der Waals surface area (Å²) in [5.74, 6) is 0. The van der Waals surface area contributed by atoms with E-state index in [0.29, 0.717) is 0 Å². The molecule has 0 radical (unpaired) electrons. The molecule has 2 aliphatic heterocycles. The highest BCUT2D eigenvalue weighted by Crippen LogP contribution is 2.39. The van der Waals surface area contributed by atoms with E-state index in [2.05, 4.69) is 16.7 Å². The Hall–Kier alpha value is -2.11. The molecule has 2 heterocycles. The van der Waals surface area contributed by atoms with E-state index >= 15 is 0 Å². The van der Waals surface area contributed by atoms with Gasteiger partial charge in [0.2, 0.25) is 0 Å². The van der Waals surface area contributed by atoms with Crippen LogP contribution in [0.15, 0.2) is 47.3 Å². The number of aryl methyl sites for hydroxylation is 1. The van der Waals surface area contributed by atoms with Gasteiger partial charge in [-0.2, -0.15) is 0 Å². The van der Waals surface area contributed by atoms with Gasteiger partial charge in [0.25, 0.3) is 5.70 Å². The molecule has 3 aliphatic rings. The summed E-state index contributed by atoms with van der Waals surface area (Å²) in [6, 6.07) is 6.11. The van der Waals surface area contributed by atoms with Crippen molar-refractivity contribution in [2.75, 3.05) is 13.1 Å². The Balaban J connectivity index is 0.00000102. The average molecular weight is 388 g/mol. The first-order valence-electron chi connectivity index (χ1n) is 9.66. The van der Waals surface area contributed by atoms with Gasteiger partial charge in [-0.3, -0.25) is 10.1 Å². The van der Waals surface area contributed by atoms with Crippen LogP contribution in [0.1, 0.15) is 44.2 Å². The van der Waals surface area contributed by atoms with Crippen molar-refractivity contribution >= 4 is 17.2 Å². The summed E-state index contributed by atoms with van der Waals surface area (Å²) in [7, 11) is 0. The third-order valence-corrected chi connectivity index (χ3v) is 5.47. The second kappa shape index (κ2) is 8.72. The Labute approximate surface area is 165 Å². The number of hydrogen-bond donors (Lipinski definition) is 2. The van der Waals surface area contributed by atoms with Gasteiger partial charge in [0, 0.05) is 11.1 Å². The predicted octanol–water partition coefficient (Wildman–Crippen LogP) is 4.47. The Morgan fingerprint density at radius 2 is 1.89 bits per heavy atom. The van der Waals surface area contributed by atoms with Crippen LogP contribution >= 0.6 is 11.6 Å². The van der Waals surface area contributed by atoms with Crippen LogP contribution in [0.25, 0.3) is 5.57 Å². The van der Waals surface area contributed by atoms with Crippen molar-refractivity contribution in [1.82, 2.24) is 10.6 Å². The summed E-state index contributed by atoms with van der Waals surface area (Å²) in [5.41, 5.74) is 6.40. The van der Waals surface area contributed by atoms with Gasteiger partial charge in [-0.1, -0.05) is 37.1 Å². The lowest BCUT2D eigenvalue weighted by Crippen LogP contribution is -2.33.